The molecule has 0 aromatic heterocycles. The zero-order valence-corrected chi connectivity index (χ0v) is 39.1. The quantitative estimate of drug-likeness (QED) is 0.0323. The van der Waals surface area contributed by atoms with Crippen LogP contribution >= 0.6 is 0 Å². The van der Waals surface area contributed by atoms with Crippen molar-refractivity contribution < 1.29 is 24.5 Å². The lowest BCUT2D eigenvalue weighted by molar-refractivity contribution is -0.151. The molecular weight excluding hydrogens is 731 g/mol. The number of allylic oxidation sites excluding steroid dienone is 8. The molecule has 0 rings (SSSR count). The van der Waals surface area contributed by atoms with Gasteiger partial charge in [0, 0.05) is 6.42 Å². The van der Waals surface area contributed by atoms with Gasteiger partial charge in [0.2, 0.25) is 5.91 Å². The molecule has 0 aromatic carbocycles. The predicted octanol–water partition coefficient (Wildman–Crippen LogP) is 15.1. The lowest BCUT2D eigenvalue weighted by Gasteiger charge is -2.24. The summed E-state index contributed by atoms with van der Waals surface area (Å²) in [5, 5.41) is 23.6. The topological polar surface area (TPSA) is 95.9 Å². The molecule has 3 N–H and O–H groups in total. The normalized spacial score (nSPS) is 13.6. The number of carbonyl (C=O) groups excluding carboxylic acids is 2. The van der Waals surface area contributed by atoms with E-state index in [2.05, 4.69) is 74.7 Å². The Morgan fingerprint density at radius 3 is 1.29 bits per heavy atom. The van der Waals surface area contributed by atoms with Gasteiger partial charge in [-0.2, -0.15) is 0 Å². The summed E-state index contributed by atoms with van der Waals surface area (Å²) < 4.78 is 5.91. The molecule has 3 atom stereocenters. The molecule has 0 fully saturated rings. The first kappa shape index (κ1) is 56.8. The molecule has 0 aliphatic carbocycles. The van der Waals surface area contributed by atoms with E-state index in [4.69, 9.17) is 4.74 Å². The van der Waals surface area contributed by atoms with Crippen LogP contribution in [0.2, 0.25) is 0 Å². The van der Waals surface area contributed by atoms with Gasteiger partial charge in [-0.3, -0.25) is 9.59 Å². The number of ether oxygens (including phenoxy) is 1. The molecule has 3 unspecified atom stereocenters. The molecule has 0 aliphatic heterocycles. The lowest BCUT2D eigenvalue weighted by Crippen LogP contribution is -2.46. The number of hydrogen-bond donors (Lipinski definition) is 3. The number of nitrogens with one attached hydrogen (secondary N) is 1. The molecule has 0 spiro atoms. The summed E-state index contributed by atoms with van der Waals surface area (Å²) in [6, 6.07) is -0.709. The molecule has 6 heteroatoms. The van der Waals surface area contributed by atoms with Crippen LogP contribution in [-0.2, 0) is 14.3 Å². The van der Waals surface area contributed by atoms with Gasteiger partial charge >= 0.3 is 5.97 Å². The van der Waals surface area contributed by atoms with E-state index in [-0.39, 0.29) is 24.9 Å². The van der Waals surface area contributed by atoms with Crippen LogP contribution in [0, 0.1) is 0 Å². The van der Waals surface area contributed by atoms with E-state index in [1.165, 1.54) is 116 Å². The van der Waals surface area contributed by atoms with Crippen LogP contribution in [0.1, 0.15) is 252 Å². The summed E-state index contributed by atoms with van der Waals surface area (Å²) in [4.78, 5) is 26.1. The van der Waals surface area contributed by atoms with Crippen LogP contribution in [0.25, 0.3) is 0 Å². The van der Waals surface area contributed by atoms with Crippen molar-refractivity contribution >= 4 is 11.9 Å². The predicted molar refractivity (Wildman–Crippen MR) is 255 cm³/mol. The van der Waals surface area contributed by atoms with E-state index in [0.717, 1.165) is 89.9 Å². The highest BCUT2D eigenvalue weighted by atomic mass is 16.5. The summed E-state index contributed by atoms with van der Waals surface area (Å²) in [7, 11) is 0. The third-order valence-corrected chi connectivity index (χ3v) is 11.4. The minimum Gasteiger partial charge on any atom is -0.462 e. The summed E-state index contributed by atoms with van der Waals surface area (Å²) in [5.41, 5.74) is 0. The summed E-state index contributed by atoms with van der Waals surface area (Å²) >= 11 is 0. The number of aliphatic hydroxyl groups excluding tert-OH is 2. The van der Waals surface area contributed by atoms with Crippen molar-refractivity contribution in [2.75, 3.05) is 6.61 Å². The van der Waals surface area contributed by atoms with Gasteiger partial charge in [-0.15, -0.1) is 0 Å². The third kappa shape index (κ3) is 42.3. The first-order chi connectivity index (χ1) is 29.0. The van der Waals surface area contributed by atoms with Crippen molar-refractivity contribution in [1.82, 2.24) is 5.32 Å². The van der Waals surface area contributed by atoms with Crippen molar-refractivity contribution in [3.63, 3.8) is 0 Å². The van der Waals surface area contributed by atoms with E-state index in [1.54, 1.807) is 0 Å². The Morgan fingerprint density at radius 1 is 0.492 bits per heavy atom. The SMILES string of the molecule is CCCCC/C=C/C=C/CCCCCCC(CC(=O)NC(CO)C(O)CCCCCCCCCCC)OC(=O)CCCCCCC/C=C/C=C/CCCCCCCCC. The van der Waals surface area contributed by atoms with E-state index in [9.17, 15) is 19.8 Å². The van der Waals surface area contributed by atoms with Crippen LogP contribution in [0.4, 0.5) is 0 Å². The largest absolute Gasteiger partial charge is 0.462 e. The van der Waals surface area contributed by atoms with Gasteiger partial charge in [-0.1, -0.05) is 211 Å². The number of hydrogen-bond acceptors (Lipinski definition) is 5. The van der Waals surface area contributed by atoms with Gasteiger partial charge in [0.05, 0.1) is 25.2 Å². The minimum absolute atomic E-state index is 0.0577. The van der Waals surface area contributed by atoms with Gasteiger partial charge in [-0.05, 0) is 77.0 Å². The van der Waals surface area contributed by atoms with Gasteiger partial charge in [0.25, 0.3) is 0 Å². The van der Waals surface area contributed by atoms with Crippen LogP contribution in [0.3, 0.4) is 0 Å². The molecular formula is C53H97NO5. The molecule has 6 nitrogen and oxygen atoms in total. The Balaban J connectivity index is 4.60. The minimum atomic E-state index is -0.794. The number of rotatable bonds is 45. The van der Waals surface area contributed by atoms with E-state index in [0.29, 0.717) is 19.3 Å². The molecule has 1 amide bonds. The lowest BCUT2D eigenvalue weighted by atomic mass is 10.0. The Morgan fingerprint density at radius 2 is 0.847 bits per heavy atom. The molecule has 59 heavy (non-hydrogen) atoms. The van der Waals surface area contributed by atoms with Crippen LogP contribution in [0.5, 0.6) is 0 Å². The van der Waals surface area contributed by atoms with Crippen LogP contribution in [0.15, 0.2) is 48.6 Å². The highest BCUT2D eigenvalue weighted by Crippen LogP contribution is 2.17. The van der Waals surface area contributed by atoms with Crippen molar-refractivity contribution in [3.8, 4) is 0 Å². The van der Waals surface area contributed by atoms with Gasteiger partial charge < -0.3 is 20.3 Å². The average molecular weight is 828 g/mol. The second-order valence-corrected chi connectivity index (χ2v) is 17.3. The zero-order chi connectivity index (χ0) is 43.1. The fourth-order valence-corrected chi connectivity index (χ4v) is 7.53. The average Bonchev–Trinajstić information content (AvgIpc) is 3.23. The first-order valence-electron chi connectivity index (χ1n) is 25.4. The maximum Gasteiger partial charge on any atom is 0.306 e. The Bertz CT molecular complexity index is 1020. The number of amides is 1. The maximum atomic E-state index is 13.2. The van der Waals surface area contributed by atoms with E-state index in [1.807, 2.05) is 0 Å². The molecule has 0 heterocycles. The molecule has 344 valence electrons. The van der Waals surface area contributed by atoms with Gasteiger partial charge in [0.15, 0.2) is 0 Å². The van der Waals surface area contributed by atoms with Crippen molar-refractivity contribution in [1.29, 1.82) is 0 Å². The van der Waals surface area contributed by atoms with Crippen LogP contribution in [-0.4, -0.2) is 46.9 Å². The monoisotopic (exact) mass is 828 g/mol. The summed E-state index contributed by atoms with van der Waals surface area (Å²) in [6.45, 7) is 6.42. The number of carbonyl (C=O) groups is 2. The standard InChI is InChI=1S/C53H97NO5/c1-4-7-10-13-16-19-21-23-24-25-26-27-29-31-34-37-40-43-46-53(58)59-49(44-41-38-35-33-30-28-22-20-17-14-11-8-5-2)47-52(57)54-50(48-55)51(56)45-42-39-36-32-18-15-12-9-6-3/h17,20,22,24-28,49-51,55-56H,4-16,18-19,21,23,29-48H2,1-3H3,(H,54,57)/b20-17+,25-24+,27-26+,28-22+. The van der Waals surface area contributed by atoms with Gasteiger partial charge in [-0.25, -0.2) is 0 Å². The number of esters is 1. The molecule has 0 aromatic rings. The fraction of sp³-hybridized carbons (Fsp3) is 0.811. The highest BCUT2D eigenvalue weighted by molar-refractivity contribution is 5.77. The second-order valence-electron chi connectivity index (χ2n) is 17.3. The summed E-state index contributed by atoms with van der Waals surface area (Å²) in [5.74, 6) is -0.510. The van der Waals surface area contributed by atoms with Crippen LogP contribution < -0.4 is 5.32 Å². The Kier molecular flexibility index (Phi) is 45.1. The smallest absolute Gasteiger partial charge is 0.306 e. The fourth-order valence-electron chi connectivity index (χ4n) is 7.53. The van der Waals surface area contributed by atoms with Crippen molar-refractivity contribution in [3.05, 3.63) is 48.6 Å². The summed E-state index contributed by atoms with van der Waals surface area (Å²) in [6.07, 6.45) is 56.0. The van der Waals surface area contributed by atoms with Crippen molar-refractivity contribution in [2.45, 2.75) is 270 Å². The number of unbranched alkanes of at least 4 members (excludes halogenated alkanes) is 27. The third-order valence-electron chi connectivity index (χ3n) is 11.4. The Hall–Kier alpha value is -2.18. The highest BCUT2D eigenvalue weighted by Gasteiger charge is 2.24. The molecule has 0 bridgehead atoms. The number of aliphatic hydroxyl groups is 2. The zero-order valence-electron chi connectivity index (χ0n) is 39.1. The molecule has 0 saturated carbocycles. The van der Waals surface area contributed by atoms with Crippen molar-refractivity contribution in [2.24, 2.45) is 0 Å². The molecule has 0 radical (unpaired) electrons. The van der Waals surface area contributed by atoms with E-state index >= 15 is 0 Å². The van der Waals surface area contributed by atoms with E-state index < -0.39 is 18.2 Å². The molecule has 0 aliphatic rings. The molecule has 0 saturated heterocycles. The maximum absolute atomic E-state index is 13.2. The first-order valence-corrected chi connectivity index (χ1v) is 25.4. The Labute approximate surface area is 366 Å². The van der Waals surface area contributed by atoms with Gasteiger partial charge in [0.1, 0.15) is 6.10 Å². The second kappa shape index (κ2) is 46.9.